The minimum absolute atomic E-state index is 0.170. The predicted molar refractivity (Wildman–Crippen MR) is 136 cm³/mol. The van der Waals surface area contributed by atoms with Gasteiger partial charge in [0.25, 0.3) is 5.91 Å². The van der Waals surface area contributed by atoms with Crippen LogP contribution in [0.1, 0.15) is 16.1 Å². The fourth-order valence-electron chi connectivity index (χ4n) is 3.89. The molecule has 4 N–H and O–H groups in total. The van der Waals surface area contributed by atoms with Crippen LogP contribution in [0.2, 0.25) is 5.02 Å². The van der Waals surface area contributed by atoms with Crippen molar-refractivity contribution in [3.63, 3.8) is 0 Å². The lowest BCUT2D eigenvalue weighted by atomic mass is 10.1. The van der Waals surface area contributed by atoms with Crippen molar-refractivity contribution in [2.24, 2.45) is 0 Å². The summed E-state index contributed by atoms with van der Waals surface area (Å²) in [6.07, 6.45) is 5.91. The molecule has 13 heteroatoms. The normalized spacial score (nSPS) is 12.7. The number of benzene rings is 1. The van der Waals surface area contributed by atoms with Gasteiger partial charge in [-0.3, -0.25) is 4.79 Å². The number of H-pyrrole nitrogens is 1. The van der Waals surface area contributed by atoms with E-state index in [4.69, 9.17) is 21.3 Å². The summed E-state index contributed by atoms with van der Waals surface area (Å²) in [5.74, 6) is 1.98. The largest absolute Gasteiger partial charge is 0.493 e. The predicted octanol–water partition coefficient (Wildman–Crippen LogP) is 3.82. The van der Waals surface area contributed by atoms with Crippen molar-refractivity contribution in [3.8, 4) is 17.1 Å². The molecule has 35 heavy (non-hydrogen) atoms. The number of nitrogens with one attached hydrogen (secondary N) is 4. The van der Waals surface area contributed by atoms with Gasteiger partial charge in [0, 0.05) is 24.9 Å². The topological polar surface area (TPSA) is 135 Å². The summed E-state index contributed by atoms with van der Waals surface area (Å²) in [6, 6.07) is 7.16. The van der Waals surface area contributed by atoms with Gasteiger partial charge in [-0.15, -0.1) is 16.9 Å². The summed E-state index contributed by atoms with van der Waals surface area (Å²) in [6.45, 7) is 0.550. The van der Waals surface area contributed by atoms with Crippen LogP contribution in [0.15, 0.2) is 36.7 Å². The Morgan fingerprint density at radius 3 is 3.00 bits per heavy atom. The number of nitrogens with zero attached hydrogens (tertiary/aromatic N) is 5. The Kier molecular flexibility index (Phi) is 6.47. The first-order valence-electron chi connectivity index (χ1n) is 10.7. The molecule has 0 aliphatic carbocycles. The third-order valence-corrected chi connectivity index (χ3v) is 6.22. The van der Waals surface area contributed by atoms with Gasteiger partial charge >= 0.3 is 0 Å². The van der Waals surface area contributed by atoms with Gasteiger partial charge in [-0.2, -0.15) is 0 Å². The molecule has 1 aromatic carbocycles. The van der Waals surface area contributed by atoms with Crippen LogP contribution in [0.3, 0.4) is 0 Å². The Morgan fingerprint density at radius 1 is 1.29 bits per heavy atom. The molecule has 3 aromatic heterocycles. The second-order valence-electron chi connectivity index (χ2n) is 7.61. The van der Waals surface area contributed by atoms with Crippen molar-refractivity contribution >= 4 is 52.4 Å². The number of aromatic nitrogens is 6. The number of fused-ring (bicyclic) bond motifs is 1. The van der Waals surface area contributed by atoms with E-state index in [1.54, 1.807) is 48.1 Å². The summed E-state index contributed by atoms with van der Waals surface area (Å²) >= 11 is 7.94. The third-order valence-electron chi connectivity index (χ3n) is 5.42. The van der Waals surface area contributed by atoms with Gasteiger partial charge in [0.1, 0.15) is 0 Å². The van der Waals surface area contributed by atoms with E-state index in [2.05, 4.69) is 36.2 Å². The molecule has 1 amide bonds. The highest BCUT2D eigenvalue weighted by Crippen LogP contribution is 2.40. The molecule has 11 nitrogen and oxygen atoms in total. The zero-order valence-electron chi connectivity index (χ0n) is 18.9. The molecule has 5 rings (SSSR count). The lowest BCUT2D eigenvalue weighted by Gasteiger charge is -2.17. The summed E-state index contributed by atoms with van der Waals surface area (Å²) in [4.78, 5) is 25.3. The number of methoxy groups -OCH3 is 1. The number of carbonyl (C=O) groups excluding carboxylic acids is 1. The number of amides is 1. The zero-order chi connectivity index (χ0) is 24.4. The molecule has 4 heterocycles. The van der Waals surface area contributed by atoms with Gasteiger partial charge in [-0.1, -0.05) is 22.9 Å². The first-order valence-corrected chi connectivity index (χ1v) is 12.5. The number of para-hydroxylation sites is 1. The van der Waals surface area contributed by atoms with E-state index in [9.17, 15) is 4.79 Å². The SMILES string of the molecule is COc1c(Cl)cccc1Nc1c(-c2ccnc(Nc3cnnn3CSC)n2)[nH]c2c1C(=O)NCC2. The van der Waals surface area contributed by atoms with Crippen molar-refractivity contribution in [2.45, 2.75) is 12.3 Å². The summed E-state index contributed by atoms with van der Waals surface area (Å²) < 4.78 is 7.21. The lowest BCUT2D eigenvalue weighted by molar-refractivity contribution is 0.0947. The minimum atomic E-state index is -0.170. The van der Waals surface area contributed by atoms with E-state index in [0.717, 1.165) is 5.69 Å². The maximum absolute atomic E-state index is 12.8. The Labute approximate surface area is 210 Å². The highest BCUT2D eigenvalue weighted by atomic mass is 35.5. The number of carbonyl (C=O) groups is 1. The molecule has 180 valence electrons. The summed E-state index contributed by atoms with van der Waals surface area (Å²) in [5.41, 5.74) is 3.80. The van der Waals surface area contributed by atoms with Crippen LogP contribution in [0, 0.1) is 0 Å². The minimum Gasteiger partial charge on any atom is -0.493 e. The standard InChI is InChI=1S/C22H22ClN9O2S/c1-34-20-12(23)4-3-5-15(20)28-19-17-13(6-8-24-21(17)33)27-18(19)14-7-9-25-22(29-14)30-16-10-26-31-32(16)11-35-2/h3-5,7,9-10,27-28H,6,8,11H2,1-2H3,(H,24,33)(H,25,29,30). The van der Waals surface area contributed by atoms with E-state index in [1.807, 2.05) is 18.4 Å². The van der Waals surface area contributed by atoms with Crippen LogP contribution < -0.4 is 20.7 Å². The van der Waals surface area contributed by atoms with Crippen molar-refractivity contribution < 1.29 is 9.53 Å². The molecule has 1 aliphatic heterocycles. The van der Waals surface area contributed by atoms with Crippen molar-refractivity contribution in [1.82, 2.24) is 35.3 Å². The maximum Gasteiger partial charge on any atom is 0.255 e. The number of hydrogen-bond donors (Lipinski definition) is 4. The Bertz CT molecular complexity index is 1390. The second-order valence-corrected chi connectivity index (χ2v) is 8.85. The Balaban J connectivity index is 1.57. The van der Waals surface area contributed by atoms with Crippen LogP contribution in [0.25, 0.3) is 11.4 Å². The van der Waals surface area contributed by atoms with Gasteiger partial charge in [-0.05, 0) is 24.5 Å². The van der Waals surface area contributed by atoms with E-state index in [-0.39, 0.29) is 5.91 Å². The van der Waals surface area contributed by atoms with Gasteiger partial charge in [-0.25, -0.2) is 14.6 Å². The number of halogens is 1. The number of aromatic amines is 1. The quantitative estimate of drug-likeness (QED) is 0.278. The number of ether oxygens (including phenoxy) is 1. The molecule has 0 unspecified atom stereocenters. The number of rotatable bonds is 8. The highest BCUT2D eigenvalue weighted by Gasteiger charge is 2.28. The zero-order valence-corrected chi connectivity index (χ0v) is 20.5. The maximum atomic E-state index is 12.8. The molecule has 1 aliphatic rings. The molecule has 0 radical (unpaired) electrons. The van der Waals surface area contributed by atoms with Gasteiger partial charge in [0.2, 0.25) is 5.95 Å². The molecule has 0 spiro atoms. The lowest BCUT2D eigenvalue weighted by Crippen LogP contribution is -2.31. The van der Waals surface area contributed by atoms with Gasteiger partial charge < -0.3 is 25.7 Å². The Morgan fingerprint density at radius 2 is 2.17 bits per heavy atom. The fraction of sp³-hybridized carbons (Fsp3) is 0.227. The van der Waals surface area contributed by atoms with E-state index in [0.29, 0.717) is 69.7 Å². The fourth-order valence-corrected chi connectivity index (χ4v) is 4.58. The van der Waals surface area contributed by atoms with E-state index < -0.39 is 0 Å². The second kappa shape index (κ2) is 9.84. The first-order chi connectivity index (χ1) is 17.1. The van der Waals surface area contributed by atoms with Crippen molar-refractivity contribution in [3.05, 3.63) is 52.9 Å². The first kappa shape index (κ1) is 23.0. The molecular weight excluding hydrogens is 490 g/mol. The molecular formula is C22H22ClN9O2S. The summed E-state index contributed by atoms with van der Waals surface area (Å²) in [7, 11) is 1.55. The average Bonchev–Trinajstić information content (AvgIpc) is 3.45. The van der Waals surface area contributed by atoms with Crippen molar-refractivity contribution in [1.29, 1.82) is 0 Å². The summed E-state index contributed by atoms with van der Waals surface area (Å²) in [5, 5.41) is 17.9. The van der Waals surface area contributed by atoms with Crippen molar-refractivity contribution in [2.75, 3.05) is 30.5 Å². The van der Waals surface area contributed by atoms with Crippen LogP contribution in [0.4, 0.5) is 23.1 Å². The molecule has 0 atom stereocenters. The van der Waals surface area contributed by atoms with Crippen LogP contribution >= 0.6 is 23.4 Å². The van der Waals surface area contributed by atoms with Gasteiger partial charge in [0.05, 0.1) is 52.5 Å². The number of anilines is 4. The third kappa shape index (κ3) is 4.49. The number of hydrogen-bond acceptors (Lipinski definition) is 9. The van der Waals surface area contributed by atoms with Crippen LogP contribution in [-0.2, 0) is 12.3 Å². The molecule has 0 saturated heterocycles. The molecule has 0 fully saturated rings. The average molecular weight is 512 g/mol. The Hall–Kier alpha value is -3.77. The monoisotopic (exact) mass is 511 g/mol. The smallest absolute Gasteiger partial charge is 0.255 e. The molecule has 4 aromatic rings. The van der Waals surface area contributed by atoms with E-state index >= 15 is 0 Å². The highest BCUT2D eigenvalue weighted by molar-refractivity contribution is 7.97. The van der Waals surface area contributed by atoms with Gasteiger partial charge in [0.15, 0.2) is 11.6 Å². The molecule has 0 bridgehead atoms. The van der Waals surface area contributed by atoms with Crippen LogP contribution in [0.5, 0.6) is 5.75 Å². The molecule has 0 saturated carbocycles. The van der Waals surface area contributed by atoms with Crippen LogP contribution in [-0.4, -0.2) is 55.8 Å². The van der Waals surface area contributed by atoms with E-state index in [1.165, 1.54) is 0 Å². The number of thioether (sulfide) groups is 1.